The molecule has 2 heterocycles. The molecule has 0 aliphatic carbocycles. The molecule has 0 aromatic carbocycles. The van der Waals surface area contributed by atoms with Gasteiger partial charge in [0, 0.05) is 13.1 Å². The third kappa shape index (κ3) is 2.30. The van der Waals surface area contributed by atoms with Crippen LogP contribution in [0, 0.1) is 0 Å². The summed E-state index contributed by atoms with van der Waals surface area (Å²) < 4.78 is 0. The van der Waals surface area contributed by atoms with Crippen molar-refractivity contribution < 1.29 is 9.90 Å². The fourth-order valence-electron chi connectivity index (χ4n) is 2.38. The molecule has 15 heavy (non-hydrogen) atoms. The van der Waals surface area contributed by atoms with Gasteiger partial charge in [-0.1, -0.05) is 0 Å². The molecule has 2 fully saturated rings. The first-order valence-corrected chi connectivity index (χ1v) is 5.57. The van der Waals surface area contributed by atoms with E-state index in [-0.39, 0.29) is 11.9 Å². The molecule has 0 aromatic heterocycles. The molecule has 2 aliphatic heterocycles. The zero-order valence-electron chi connectivity index (χ0n) is 8.91. The van der Waals surface area contributed by atoms with E-state index in [0.29, 0.717) is 6.54 Å². The van der Waals surface area contributed by atoms with Crippen molar-refractivity contribution in [2.45, 2.75) is 30.9 Å². The summed E-state index contributed by atoms with van der Waals surface area (Å²) in [6, 6.07) is -0.149. The first kappa shape index (κ1) is 10.9. The van der Waals surface area contributed by atoms with E-state index < -0.39 is 5.60 Å². The minimum absolute atomic E-state index is 0.149. The summed E-state index contributed by atoms with van der Waals surface area (Å²) in [6.45, 7) is 3.17. The van der Waals surface area contributed by atoms with Gasteiger partial charge in [0.05, 0.1) is 11.6 Å². The van der Waals surface area contributed by atoms with E-state index in [1.54, 1.807) is 0 Å². The van der Waals surface area contributed by atoms with Crippen molar-refractivity contribution in [1.29, 1.82) is 0 Å². The average Bonchev–Trinajstić information content (AvgIpc) is 2.13. The monoisotopic (exact) mass is 213 g/mol. The highest BCUT2D eigenvalue weighted by Gasteiger charge is 2.39. The Hall–Kier alpha value is -0.650. The predicted octanol–water partition coefficient (Wildman–Crippen LogP) is -1.34. The molecule has 0 saturated carbocycles. The summed E-state index contributed by atoms with van der Waals surface area (Å²) in [4.78, 5) is 13.0. The molecule has 2 aliphatic rings. The number of nitrogens with one attached hydrogen (secondary N) is 1. The normalized spacial score (nSPS) is 30.9. The number of hydrogen-bond donors (Lipinski definition) is 3. The van der Waals surface area contributed by atoms with E-state index in [0.717, 1.165) is 38.9 Å². The highest BCUT2D eigenvalue weighted by Crippen LogP contribution is 2.25. The molecule has 1 atom stereocenters. The zero-order chi connectivity index (χ0) is 10.9. The Bertz CT molecular complexity index is 251. The van der Waals surface area contributed by atoms with E-state index in [1.807, 2.05) is 4.90 Å². The Kier molecular flexibility index (Phi) is 2.95. The maximum atomic E-state index is 11.0. The van der Waals surface area contributed by atoms with Gasteiger partial charge in [-0.2, -0.15) is 0 Å². The standard InChI is InChI=1S/C10H19N3O2/c11-9(14)8-1-6-13(8)7-10(15)2-4-12-5-3-10/h8,12,15H,1-7H2,(H2,11,14). The van der Waals surface area contributed by atoms with Gasteiger partial charge >= 0.3 is 0 Å². The van der Waals surface area contributed by atoms with E-state index in [9.17, 15) is 9.90 Å². The SMILES string of the molecule is NC(=O)C1CCN1CC1(O)CCNCC1. The Balaban J connectivity index is 1.88. The van der Waals surface area contributed by atoms with Gasteiger partial charge < -0.3 is 16.2 Å². The molecule has 5 heteroatoms. The average molecular weight is 213 g/mol. The second-order valence-corrected chi connectivity index (χ2v) is 4.65. The summed E-state index contributed by atoms with van der Waals surface area (Å²) in [5, 5.41) is 13.5. The van der Waals surface area contributed by atoms with Crippen LogP contribution < -0.4 is 11.1 Å². The highest BCUT2D eigenvalue weighted by molar-refractivity contribution is 5.80. The summed E-state index contributed by atoms with van der Waals surface area (Å²) in [5.41, 5.74) is 4.64. The molecule has 0 spiro atoms. The Morgan fingerprint density at radius 1 is 1.53 bits per heavy atom. The van der Waals surface area contributed by atoms with Gasteiger partial charge in [-0.3, -0.25) is 9.69 Å². The van der Waals surface area contributed by atoms with Crippen molar-refractivity contribution in [2.75, 3.05) is 26.2 Å². The molecule has 5 nitrogen and oxygen atoms in total. The van der Waals surface area contributed by atoms with Gasteiger partial charge in [-0.15, -0.1) is 0 Å². The Morgan fingerprint density at radius 2 is 2.20 bits per heavy atom. The van der Waals surface area contributed by atoms with Gasteiger partial charge in [0.25, 0.3) is 0 Å². The number of nitrogens with two attached hydrogens (primary N) is 1. The number of nitrogens with zero attached hydrogens (tertiary/aromatic N) is 1. The molecule has 4 N–H and O–H groups in total. The lowest BCUT2D eigenvalue weighted by Gasteiger charge is -2.45. The second-order valence-electron chi connectivity index (χ2n) is 4.65. The largest absolute Gasteiger partial charge is 0.388 e. The van der Waals surface area contributed by atoms with E-state index in [4.69, 9.17) is 5.73 Å². The molecule has 0 aromatic rings. The minimum atomic E-state index is -0.626. The van der Waals surface area contributed by atoms with Gasteiger partial charge in [0.1, 0.15) is 0 Å². The third-order valence-electron chi connectivity index (χ3n) is 3.49. The van der Waals surface area contributed by atoms with Gasteiger partial charge in [0.2, 0.25) is 5.91 Å². The molecule has 86 valence electrons. The van der Waals surface area contributed by atoms with Crippen LogP contribution in [0.15, 0.2) is 0 Å². The summed E-state index contributed by atoms with van der Waals surface area (Å²) in [5.74, 6) is -0.265. The van der Waals surface area contributed by atoms with Crippen molar-refractivity contribution in [1.82, 2.24) is 10.2 Å². The summed E-state index contributed by atoms with van der Waals surface area (Å²) >= 11 is 0. The van der Waals surface area contributed by atoms with Crippen LogP contribution in [0.3, 0.4) is 0 Å². The molecule has 1 amide bonds. The maximum Gasteiger partial charge on any atom is 0.234 e. The molecule has 0 bridgehead atoms. The van der Waals surface area contributed by atoms with Gasteiger partial charge in [0.15, 0.2) is 0 Å². The second kappa shape index (κ2) is 4.08. The number of amides is 1. The summed E-state index contributed by atoms with van der Waals surface area (Å²) in [7, 11) is 0. The fourth-order valence-corrected chi connectivity index (χ4v) is 2.38. The number of primary amides is 1. The van der Waals surface area contributed by atoms with E-state index >= 15 is 0 Å². The van der Waals surface area contributed by atoms with Crippen molar-refractivity contribution >= 4 is 5.91 Å². The van der Waals surface area contributed by atoms with Crippen LogP contribution in [0.4, 0.5) is 0 Å². The summed E-state index contributed by atoms with van der Waals surface area (Å²) in [6.07, 6.45) is 2.35. The van der Waals surface area contributed by atoms with Crippen molar-refractivity contribution in [3.8, 4) is 0 Å². The molecule has 2 saturated heterocycles. The number of aliphatic hydroxyl groups is 1. The predicted molar refractivity (Wildman–Crippen MR) is 56.2 cm³/mol. The van der Waals surface area contributed by atoms with E-state index in [2.05, 4.69) is 5.32 Å². The van der Waals surface area contributed by atoms with Crippen LogP contribution in [-0.4, -0.2) is 53.7 Å². The lowest BCUT2D eigenvalue weighted by molar-refractivity contribution is -0.131. The van der Waals surface area contributed by atoms with Crippen LogP contribution in [0.25, 0.3) is 0 Å². The third-order valence-corrected chi connectivity index (χ3v) is 3.49. The minimum Gasteiger partial charge on any atom is -0.388 e. The maximum absolute atomic E-state index is 11.0. The smallest absolute Gasteiger partial charge is 0.234 e. The number of β-amino-alcohol motifs (C(OH)–C–C–N with tert-alkyl or cyclic N) is 1. The van der Waals surface area contributed by atoms with Crippen LogP contribution in [0.2, 0.25) is 0 Å². The number of rotatable bonds is 3. The van der Waals surface area contributed by atoms with Crippen molar-refractivity contribution in [3.63, 3.8) is 0 Å². The van der Waals surface area contributed by atoms with Crippen LogP contribution in [-0.2, 0) is 4.79 Å². The fraction of sp³-hybridized carbons (Fsp3) is 0.900. The topological polar surface area (TPSA) is 78.6 Å². The molecule has 2 rings (SSSR count). The number of hydrogen-bond acceptors (Lipinski definition) is 4. The number of carbonyl (C=O) groups is 1. The van der Waals surface area contributed by atoms with Crippen LogP contribution >= 0.6 is 0 Å². The Morgan fingerprint density at radius 3 is 2.67 bits per heavy atom. The van der Waals surface area contributed by atoms with Gasteiger partial charge in [-0.25, -0.2) is 0 Å². The van der Waals surface area contributed by atoms with Gasteiger partial charge in [-0.05, 0) is 32.4 Å². The number of piperidine rings is 1. The first-order valence-electron chi connectivity index (χ1n) is 5.57. The van der Waals surface area contributed by atoms with E-state index in [1.165, 1.54) is 0 Å². The lowest BCUT2D eigenvalue weighted by atomic mass is 9.89. The highest BCUT2D eigenvalue weighted by atomic mass is 16.3. The zero-order valence-corrected chi connectivity index (χ0v) is 8.91. The first-order chi connectivity index (χ1) is 7.11. The molecular weight excluding hydrogens is 194 g/mol. The quantitative estimate of drug-likeness (QED) is 0.542. The molecule has 0 radical (unpaired) electrons. The lowest BCUT2D eigenvalue weighted by Crippen LogP contribution is -2.60. The Labute approximate surface area is 89.6 Å². The van der Waals surface area contributed by atoms with Crippen LogP contribution in [0.5, 0.6) is 0 Å². The number of carbonyl (C=O) groups excluding carboxylic acids is 1. The molecule has 1 unspecified atom stereocenters. The molecular formula is C10H19N3O2. The van der Waals surface area contributed by atoms with Crippen molar-refractivity contribution in [3.05, 3.63) is 0 Å². The van der Waals surface area contributed by atoms with Crippen LogP contribution in [0.1, 0.15) is 19.3 Å². The number of likely N-dealkylation sites (tertiary alicyclic amines) is 1. The van der Waals surface area contributed by atoms with Crippen molar-refractivity contribution in [2.24, 2.45) is 5.73 Å².